The Labute approximate surface area is 108 Å². The van der Waals surface area contributed by atoms with Crippen molar-refractivity contribution in [2.75, 3.05) is 24.5 Å². The van der Waals surface area contributed by atoms with Crippen molar-refractivity contribution in [3.05, 3.63) is 41.7 Å². The molecular formula is C15H21FN2. The molecule has 1 aromatic carbocycles. The molecule has 2 rings (SSSR count). The van der Waals surface area contributed by atoms with Crippen molar-refractivity contribution in [1.29, 1.82) is 0 Å². The summed E-state index contributed by atoms with van der Waals surface area (Å²) >= 11 is 0. The highest BCUT2D eigenvalue weighted by Gasteiger charge is 2.19. The van der Waals surface area contributed by atoms with Gasteiger partial charge < -0.3 is 10.2 Å². The Morgan fingerprint density at radius 3 is 3.00 bits per heavy atom. The van der Waals surface area contributed by atoms with E-state index in [0.717, 1.165) is 37.3 Å². The fraction of sp³-hybridized carbons (Fsp3) is 0.467. The Balaban J connectivity index is 1.97. The maximum Gasteiger partial charge on any atom is 0.125 e. The fourth-order valence-corrected chi connectivity index (χ4v) is 2.26. The number of fused-ring (bicyclic) bond motifs is 1. The molecule has 1 aromatic rings. The zero-order valence-corrected chi connectivity index (χ0v) is 11.2. The summed E-state index contributed by atoms with van der Waals surface area (Å²) in [6, 6.07) is 5.52. The van der Waals surface area contributed by atoms with Gasteiger partial charge in [-0.1, -0.05) is 26.5 Å². The Hall–Kier alpha value is -1.35. The summed E-state index contributed by atoms with van der Waals surface area (Å²) in [6.07, 6.45) is 1.00. The number of nitrogens with zero attached hydrogens (tertiary/aromatic N) is 1. The summed E-state index contributed by atoms with van der Waals surface area (Å²) in [4.78, 5) is 2.21. The first kappa shape index (κ1) is 13.1. The summed E-state index contributed by atoms with van der Waals surface area (Å²) in [5.41, 5.74) is 3.41. The van der Waals surface area contributed by atoms with E-state index in [1.54, 1.807) is 6.07 Å². The Morgan fingerprint density at radius 1 is 1.50 bits per heavy atom. The summed E-state index contributed by atoms with van der Waals surface area (Å²) in [7, 11) is 0. The van der Waals surface area contributed by atoms with E-state index in [9.17, 15) is 4.39 Å². The van der Waals surface area contributed by atoms with Crippen molar-refractivity contribution in [3.8, 4) is 0 Å². The van der Waals surface area contributed by atoms with Gasteiger partial charge in [-0.2, -0.15) is 0 Å². The fourth-order valence-electron chi connectivity index (χ4n) is 2.26. The van der Waals surface area contributed by atoms with Gasteiger partial charge in [0.25, 0.3) is 0 Å². The molecule has 18 heavy (non-hydrogen) atoms. The maximum absolute atomic E-state index is 13.3. The topological polar surface area (TPSA) is 15.3 Å². The van der Waals surface area contributed by atoms with Crippen molar-refractivity contribution in [3.63, 3.8) is 0 Å². The summed E-state index contributed by atoms with van der Waals surface area (Å²) in [6.45, 7) is 10.9. The van der Waals surface area contributed by atoms with Crippen LogP contribution in [0.3, 0.4) is 0 Å². The van der Waals surface area contributed by atoms with E-state index in [1.807, 2.05) is 6.07 Å². The number of hydrogen-bond donors (Lipinski definition) is 1. The zero-order valence-electron chi connectivity index (χ0n) is 11.2. The molecule has 0 spiro atoms. The first-order chi connectivity index (χ1) is 8.56. The van der Waals surface area contributed by atoms with Crippen LogP contribution in [0.4, 0.5) is 10.1 Å². The molecule has 0 unspecified atom stereocenters. The molecule has 0 atom stereocenters. The van der Waals surface area contributed by atoms with Crippen LogP contribution in [-0.4, -0.2) is 25.7 Å². The van der Waals surface area contributed by atoms with Crippen molar-refractivity contribution < 1.29 is 4.39 Å². The van der Waals surface area contributed by atoms with E-state index in [2.05, 4.69) is 30.6 Å². The molecule has 98 valence electrons. The van der Waals surface area contributed by atoms with Crippen molar-refractivity contribution in [2.24, 2.45) is 0 Å². The summed E-state index contributed by atoms with van der Waals surface area (Å²) < 4.78 is 13.3. The van der Waals surface area contributed by atoms with Crippen LogP contribution in [-0.2, 0) is 6.42 Å². The monoisotopic (exact) mass is 248 g/mol. The van der Waals surface area contributed by atoms with Crippen molar-refractivity contribution in [1.82, 2.24) is 5.32 Å². The standard InChI is InChI=1S/C15H21FN2/c1-11(2)17-9-12(3)10-18-7-6-13-4-5-14(16)8-15(13)18/h4-5,8,11,17H,3,6-7,9-10H2,1-2H3. The molecular weight excluding hydrogens is 227 g/mol. The first-order valence-electron chi connectivity index (χ1n) is 6.49. The van der Waals surface area contributed by atoms with Gasteiger partial charge in [-0.15, -0.1) is 0 Å². The second-order valence-corrected chi connectivity index (χ2v) is 5.23. The molecule has 0 fully saturated rings. The smallest absolute Gasteiger partial charge is 0.125 e. The largest absolute Gasteiger partial charge is 0.367 e. The van der Waals surface area contributed by atoms with Gasteiger partial charge in [0, 0.05) is 31.4 Å². The van der Waals surface area contributed by atoms with Crippen LogP contribution in [0, 0.1) is 5.82 Å². The van der Waals surface area contributed by atoms with Gasteiger partial charge >= 0.3 is 0 Å². The van der Waals surface area contributed by atoms with Crippen LogP contribution in [0.1, 0.15) is 19.4 Å². The first-order valence-corrected chi connectivity index (χ1v) is 6.49. The maximum atomic E-state index is 13.3. The number of nitrogens with one attached hydrogen (secondary N) is 1. The van der Waals surface area contributed by atoms with Gasteiger partial charge in [0.05, 0.1) is 0 Å². The molecule has 0 radical (unpaired) electrons. The van der Waals surface area contributed by atoms with E-state index < -0.39 is 0 Å². The third-order valence-electron chi connectivity index (χ3n) is 3.21. The minimum Gasteiger partial charge on any atom is -0.367 e. The highest BCUT2D eigenvalue weighted by molar-refractivity contribution is 5.58. The zero-order chi connectivity index (χ0) is 13.1. The molecule has 1 heterocycles. The van der Waals surface area contributed by atoms with Crippen molar-refractivity contribution in [2.45, 2.75) is 26.3 Å². The van der Waals surface area contributed by atoms with Gasteiger partial charge in [-0.25, -0.2) is 4.39 Å². The normalized spacial score (nSPS) is 14.1. The van der Waals surface area contributed by atoms with Crippen LogP contribution >= 0.6 is 0 Å². The molecule has 0 saturated carbocycles. The summed E-state index contributed by atoms with van der Waals surface area (Å²) in [5, 5.41) is 3.35. The second kappa shape index (κ2) is 5.53. The number of rotatable bonds is 5. The highest BCUT2D eigenvalue weighted by atomic mass is 19.1. The lowest BCUT2D eigenvalue weighted by atomic mass is 10.1. The van der Waals surface area contributed by atoms with Crippen molar-refractivity contribution >= 4 is 5.69 Å². The molecule has 0 amide bonds. The quantitative estimate of drug-likeness (QED) is 0.806. The van der Waals surface area contributed by atoms with E-state index >= 15 is 0 Å². The minimum atomic E-state index is -0.161. The van der Waals surface area contributed by atoms with Gasteiger partial charge in [-0.3, -0.25) is 0 Å². The predicted octanol–water partition coefficient (Wildman–Crippen LogP) is 2.74. The minimum absolute atomic E-state index is 0.161. The molecule has 0 saturated heterocycles. The molecule has 1 aliphatic heterocycles. The van der Waals surface area contributed by atoms with Gasteiger partial charge in [0.15, 0.2) is 0 Å². The third kappa shape index (κ3) is 3.10. The third-order valence-corrected chi connectivity index (χ3v) is 3.21. The predicted molar refractivity (Wildman–Crippen MR) is 74.6 cm³/mol. The number of anilines is 1. The molecule has 0 bridgehead atoms. The molecule has 3 heteroatoms. The van der Waals surface area contributed by atoms with Crippen LogP contribution in [0.5, 0.6) is 0 Å². The van der Waals surface area contributed by atoms with Gasteiger partial charge in [0.1, 0.15) is 5.82 Å². The Morgan fingerprint density at radius 2 is 2.28 bits per heavy atom. The van der Waals surface area contributed by atoms with E-state index in [0.29, 0.717) is 6.04 Å². The van der Waals surface area contributed by atoms with E-state index in [-0.39, 0.29) is 5.82 Å². The second-order valence-electron chi connectivity index (χ2n) is 5.23. The number of benzene rings is 1. The molecule has 2 nitrogen and oxygen atoms in total. The van der Waals surface area contributed by atoms with Crippen LogP contribution in [0.15, 0.2) is 30.4 Å². The average Bonchev–Trinajstić information content (AvgIpc) is 2.69. The SMILES string of the molecule is C=C(CNC(C)C)CN1CCc2ccc(F)cc21. The van der Waals surface area contributed by atoms with Crippen LogP contribution in [0.25, 0.3) is 0 Å². The summed E-state index contributed by atoms with van der Waals surface area (Å²) in [5.74, 6) is -0.161. The molecule has 1 N–H and O–H groups in total. The van der Waals surface area contributed by atoms with E-state index in [1.165, 1.54) is 11.6 Å². The van der Waals surface area contributed by atoms with Gasteiger partial charge in [-0.05, 0) is 29.7 Å². The lowest BCUT2D eigenvalue weighted by Gasteiger charge is -2.21. The molecule has 0 aromatic heterocycles. The lowest BCUT2D eigenvalue weighted by molar-refractivity contribution is 0.615. The Kier molecular flexibility index (Phi) is 4.02. The number of hydrogen-bond acceptors (Lipinski definition) is 2. The lowest BCUT2D eigenvalue weighted by Crippen LogP contribution is -2.30. The Bertz CT molecular complexity index is 440. The highest BCUT2D eigenvalue weighted by Crippen LogP contribution is 2.28. The van der Waals surface area contributed by atoms with Gasteiger partial charge in [0.2, 0.25) is 0 Å². The number of halogens is 1. The molecule has 1 aliphatic rings. The van der Waals surface area contributed by atoms with Crippen LogP contribution in [0.2, 0.25) is 0 Å². The van der Waals surface area contributed by atoms with E-state index in [4.69, 9.17) is 0 Å². The average molecular weight is 248 g/mol. The van der Waals surface area contributed by atoms with Crippen LogP contribution < -0.4 is 10.2 Å². The molecule has 0 aliphatic carbocycles.